The van der Waals surface area contributed by atoms with E-state index in [2.05, 4.69) is 22.3 Å². The highest BCUT2D eigenvalue weighted by atomic mass is 16.4. The van der Waals surface area contributed by atoms with Gasteiger partial charge in [0.05, 0.1) is 11.4 Å². The van der Waals surface area contributed by atoms with Crippen molar-refractivity contribution in [3.8, 4) is 11.8 Å². The van der Waals surface area contributed by atoms with Gasteiger partial charge in [0, 0.05) is 27.8 Å². The van der Waals surface area contributed by atoms with Crippen molar-refractivity contribution in [2.45, 2.75) is 6.42 Å². The van der Waals surface area contributed by atoms with Crippen LogP contribution < -0.4 is 16.0 Å². The van der Waals surface area contributed by atoms with E-state index in [1.165, 1.54) is 4.90 Å². The number of anilines is 3. The van der Waals surface area contributed by atoms with Gasteiger partial charge in [-0.25, -0.2) is 0 Å². The highest BCUT2D eigenvalue weighted by Gasteiger charge is 2.29. The molecule has 2 amide bonds. The molecular weight excluding hydrogens is 440 g/mol. The lowest BCUT2D eigenvalue weighted by atomic mass is 10.00. The summed E-state index contributed by atoms with van der Waals surface area (Å²) in [5.74, 6) is 5.52. The fourth-order valence-electron chi connectivity index (χ4n) is 4.11. The van der Waals surface area contributed by atoms with Crippen LogP contribution in [-0.4, -0.2) is 22.9 Å². The van der Waals surface area contributed by atoms with Crippen molar-refractivity contribution in [1.29, 1.82) is 0 Å². The minimum Gasteiger partial charge on any atom is -0.409 e. The van der Waals surface area contributed by atoms with Gasteiger partial charge in [0.1, 0.15) is 6.42 Å². The maximum absolute atomic E-state index is 13.3. The van der Waals surface area contributed by atoms with Gasteiger partial charge in [0.25, 0.3) is 0 Å². The number of amidine groups is 1. The van der Waals surface area contributed by atoms with Gasteiger partial charge in [-0.3, -0.25) is 14.5 Å². The molecule has 0 unspecified atom stereocenters. The second-order valence-electron chi connectivity index (χ2n) is 7.97. The second-order valence-corrected chi connectivity index (χ2v) is 7.97. The Morgan fingerprint density at radius 1 is 0.914 bits per heavy atom. The summed E-state index contributed by atoms with van der Waals surface area (Å²) in [6, 6.07) is 25.8. The van der Waals surface area contributed by atoms with Crippen LogP contribution in [0.3, 0.4) is 0 Å². The maximum Gasteiger partial charge on any atom is 0.241 e. The Morgan fingerprint density at radius 2 is 1.66 bits per heavy atom. The molecule has 0 radical (unpaired) electrons. The van der Waals surface area contributed by atoms with E-state index in [4.69, 9.17) is 10.9 Å². The summed E-state index contributed by atoms with van der Waals surface area (Å²) in [7, 11) is 0. The van der Waals surface area contributed by atoms with Crippen molar-refractivity contribution in [3.63, 3.8) is 0 Å². The number of nitrogens with zero attached hydrogens (tertiary/aromatic N) is 2. The fraction of sp³-hybridized carbons (Fsp3) is 0.0357. The predicted molar refractivity (Wildman–Crippen MR) is 136 cm³/mol. The van der Waals surface area contributed by atoms with Crippen molar-refractivity contribution < 1.29 is 14.8 Å². The molecule has 5 rings (SSSR count). The van der Waals surface area contributed by atoms with Crippen LogP contribution in [0.25, 0.3) is 10.8 Å². The summed E-state index contributed by atoms with van der Waals surface area (Å²) in [4.78, 5) is 27.4. The smallest absolute Gasteiger partial charge is 0.241 e. The third-order valence-electron chi connectivity index (χ3n) is 5.71. The Hall–Kier alpha value is -5.09. The van der Waals surface area contributed by atoms with Crippen LogP contribution >= 0.6 is 0 Å². The van der Waals surface area contributed by atoms with Gasteiger partial charge in [0.2, 0.25) is 11.8 Å². The first-order valence-electron chi connectivity index (χ1n) is 10.9. The zero-order valence-corrected chi connectivity index (χ0v) is 18.5. The first-order valence-corrected chi connectivity index (χ1v) is 10.9. The number of rotatable bonds is 2. The Balaban J connectivity index is 1.76. The van der Waals surface area contributed by atoms with Crippen molar-refractivity contribution in [1.82, 2.24) is 0 Å². The summed E-state index contributed by atoms with van der Waals surface area (Å²) in [5, 5.41) is 16.7. The SMILES string of the molecule is N/C(=N\O)c1cccc(N2C(=O)CC(=O)Nc3c2cc(C#Cc2ccccc2)c2ccccc32)c1. The molecule has 4 aromatic carbocycles. The molecule has 0 saturated carbocycles. The number of nitrogens with two attached hydrogens (primary N) is 1. The van der Waals surface area contributed by atoms with E-state index in [0.29, 0.717) is 28.2 Å². The lowest BCUT2D eigenvalue weighted by Crippen LogP contribution is -2.27. The van der Waals surface area contributed by atoms with E-state index in [0.717, 1.165) is 16.3 Å². The Morgan fingerprint density at radius 3 is 2.43 bits per heavy atom. The summed E-state index contributed by atoms with van der Waals surface area (Å²) in [6.45, 7) is 0. The van der Waals surface area contributed by atoms with Gasteiger partial charge in [0.15, 0.2) is 5.84 Å². The van der Waals surface area contributed by atoms with Crippen LogP contribution in [0.2, 0.25) is 0 Å². The van der Waals surface area contributed by atoms with Gasteiger partial charge in [-0.2, -0.15) is 0 Å². The van der Waals surface area contributed by atoms with E-state index < -0.39 is 11.8 Å². The molecule has 4 N–H and O–H groups in total. The molecule has 170 valence electrons. The van der Waals surface area contributed by atoms with Crippen molar-refractivity contribution >= 4 is 45.5 Å². The molecule has 1 heterocycles. The fourth-order valence-corrected chi connectivity index (χ4v) is 4.11. The highest BCUT2D eigenvalue weighted by Crippen LogP contribution is 2.41. The molecule has 0 bridgehead atoms. The molecular formula is C28H20N4O3. The van der Waals surface area contributed by atoms with Crippen LogP contribution in [0.15, 0.2) is 90.1 Å². The van der Waals surface area contributed by atoms with Gasteiger partial charge >= 0.3 is 0 Å². The number of fused-ring (bicyclic) bond motifs is 3. The van der Waals surface area contributed by atoms with Crippen LogP contribution in [0.1, 0.15) is 23.1 Å². The minimum atomic E-state index is -0.407. The highest BCUT2D eigenvalue weighted by molar-refractivity contribution is 6.22. The minimum absolute atomic E-state index is 0.0866. The normalized spacial score (nSPS) is 13.5. The van der Waals surface area contributed by atoms with E-state index in [-0.39, 0.29) is 12.3 Å². The number of carbonyl (C=O) groups is 2. The van der Waals surface area contributed by atoms with E-state index >= 15 is 0 Å². The van der Waals surface area contributed by atoms with Gasteiger partial charge in [-0.05, 0) is 35.7 Å². The van der Waals surface area contributed by atoms with Crippen LogP contribution in [0.5, 0.6) is 0 Å². The third-order valence-corrected chi connectivity index (χ3v) is 5.71. The number of benzene rings is 4. The maximum atomic E-state index is 13.3. The topological polar surface area (TPSA) is 108 Å². The van der Waals surface area contributed by atoms with E-state index in [9.17, 15) is 9.59 Å². The first kappa shape index (κ1) is 21.7. The summed E-state index contributed by atoms with van der Waals surface area (Å²) in [5.41, 5.74) is 9.29. The molecule has 1 aliphatic heterocycles. The Labute approximate surface area is 201 Å². The molecule has 0 aliphatic carbocycles. The average molecular weight is 460 g/mol. The number of hydrogen-bond donors (Lipinski definition) is 3. The molecule has 0 saturated heterocycles. The number of carbonyl (C=O) groups excluding carboxylic acids is 2. The molecule has 1 aliphatic rings. The van der Waals surface area contributed by atoms with E-state index in [1.54, 1.807) is 24.3 Å². The zero-order valence-electron chi connectivity index (χ0n) is 18.5. The van der Waals surface area contributed by atoms with Crippen molar-refractivity contribution in [2.75, 3.05) is 10.2 Å². The summed E-state index contributed by atoms with van der Waals surface area (Å²) < 4.78 is 0. The number of oxime groups is 1. The molecule has 7 heteroatoms. The molecule has 7 nitrogen and oxygen atoms in total. The lowest BCUT2D eigenvalue weighted by molar-refractivity contribution is -0.124. The number of nitrogens with one attached hydrogen (secondary N) is 1. The molecule has 0 atom stereocenters. The van der Waals surface area contributed by atoms with Gasteiger partial charge < -0.3 is 16.3 Å². The molecule has 35 heavy (non-hydrogen) atoms. The molecule has 0 fully saturated rings. The summed E-state index contributed by atoms with van der Waals surface area (Å²) in [6.07, 6.45) is -0.332. The molecule has 0 aromatic heterocycles. The average Bonchev–Trinajstić information content (AvgIpc) is 3.01. The van der Waals surface area contributed by atoms with Crippen LogP contribution in [-0.2, 0) is 9.59 Å². The van der Waals surface area contributed by atoms with Crippen LogP contribution in [0.4, 0.5) is 17.1 Å². The molecule has 4 aromatic rings. The lowest BCUT2D eigenvalue weighted by Gasteiger charge is -2.24. The largest absolute Gasteiger partial charge is 0.409 e. The molecule has 0 spiro atoms. The summed E-state index contributed by atoms with van der Waals surface area (Å²) >= 11 is 0. The number of hydrogen-bond acceptors (Lipinski definition) is 4. The quantitative estimate of drug-likeness (QED) is 0.103. The van der Waals surface area contributed by atoms with Crippen molar-refractivity contribution in [2.24, 2.45) is 10.9 Å². The first-order chi connectivity index (χ1) is 17.0. The Bertz CT molecular complexity index is 1570. The van der Waals surface area contributed by atoms with Crippen LogP contribution in [0, 0.1) is 11.8 Å². The Kier molecular flexibility index (Phi) is 5.62. The standard InChI is InChI=1S/C28H20N4O3/c29-28(31-35)20-9-6-10-21(15-20)32-24-16-19(14-13-18-7-2-1-3-8-18)22-11-4-5-12-23(22)27(24)30-25(33)17-26(32)34/h1-12,15-16,35H,17H2,(H2,29,31)(H,30,33). The van der Waals surface area contributed by atoms with Gasteiger partial charge in [-0.1, -0.05) is 71.6 Å². The van der Waals surface area contributed by atoms with E-state index in [1.807, 2.05) is 60.7 Å². The monoisotopic (exact) mass is 460 g/mol. The predicted octanol–water partition coefficient (Wildman–Crippen LogP) is 4.34. The third kappa shape index (κ3) is 4.16. The van der Waals surface area contributed by atoms with Crippen molar-refractivity contribution in [3.05, 3.63) is 102 Å². The zero-order chi connectivity index (χ0) is 24.4. The van der Waals surface area contributed by atoms with Gasteiger partial charge in [-0.15, -0.1) is 0 Å². The second kappa shape index (κ2) is 9.04. The number of amides is 2.